The number of nitrogens with zero attached hydrogens (tertiary/aromatic N) is 6. The summed E-state index contributed by atoms with van der Waals surface area (Å²) in [6.45, 7) is 3.64. The fourth-order valence-corrected chi connectivity index (χ4v) is 11.7. The molecule has 4 amide bonds. The molecule has 3 fully saturated rings. The zero-order chi connectivity index (χ0) is 44.5. The Hall–Kier alpha value is -5.65. The first-order valence-corrected chi connectivity index (χ1v) is 21.0. The van der Waals surface area contributed by atoms with Gasteiger partial charge in [-0.15, -0.1) is 11.3 Å². The topological polar surface area (TPSA) is 147 Å². The first-order chi connectivity index (χ1) is 29.3. The van der Waals surface area contributed by atoms with Crippen LogP contribution in [0.2, 0.25) is 10.0 Å². The molecule has 322 valence electrons. The van der Waals surface area contributed by atoms with Gasteiger partial charge in [0.25, 0.3) is 11.8 Å². The maximum Gasteiger partial charge on any atom is 0.433 e. The van der Waals surface area contributed by atoms with Gasteiger partial charge in [-0.3, -0.25) is 28.9 Å². The molecule has 1 N–H and O–H groups in total. The van der Waals surface area contributed by atoms with Crippen molar-refractivity contribution in [3.05, 3.63) is 87.0 Å². The predicted molar refractivity (Wildman–Crippen MR) is 224 cm³/mol. The number of ether oxygens (including phenoxy) is 2. The molecule has 19 heteroatoms. The Bertz CT molecular complexity index is 2800. The number of amides is 4. The van der Waals surface area contributed by atoms with Crippen LogP contribution in [0.1, 0.15) is 42.5 Å². The van der Waals surface area contributed by atoms with Gasteiger partial charge in [-0.2, -0.15) is 23.3 Å². The third kappa shape index (κ3) is 5.94. The number of anilines is 2. The molecule has 62 heavy (non-hydrogen) atoms. The van der Waals surface area contributed by atoms with E-state index in [2.05, 4.69) is 4.98 Å². The van der Waals surface area contributed by atoms with Gasteiger partial charge in [-0.05, 0) is 73.9 Å². The van der Waals surface area contributed by atoms with Crippen LogP contribution in [-0.4, -0.2) is 69.8 Å². The number of phenolic OH excluding ortho intramolecular Hbond substituents is 1. The number of hydrazine groups is 1. The molecule has 6 atom stereocenters. The number of aryl methyl sites for hydroxylation is 2. The van der Waals surface area contributed by atoms with E-state index in [4.69, 9.17) is 37.8 Å². The van der Waals surface area contributed by atoms with Crippen LogP contribution in [0, 0.1) is 36.0 Å². The van der Waals surface area contributed by atoms with Gasteiger partial charge in [0.1, 0.15) is 34.5 Å². The van der Waals surface area contributed by atoms with E-state index in [1.54, 1.807) is 32.2 Å². The van der Waals surface area contributed by atoms with Crippen molar-refractivity contribution in [1.82, 2.24) is 19.8 Å². The minimum atomic E-state index is -4.84. The van der Waals surface area contributed by atoms with Crippen LogP contribution >= 0.6 is 34.5 Å². The molecule has 5 heterocycles. The summed E-state index contributed by atoms with van der Waals surface area (Å²) in [5.74, 6) is -7.64. The molecule has 3 aromatic heterocycles. The lowest BCUT2D eigenvalue weighted by Gasteiger charge is -2.49. The van der Waals surface area contributed by atoms with Crippen molar-refractivity contribution in [2.75, 3.05) is 31.2 Å². The van der Waals surface area contributed by atoms with Gasteiger partial charge in [0.2, 0.25) is 11.8 Å². The average Bonchev–Trinajstić information content (AvgIpc) is 3.90. The van der Waals surface area contributed by atoms with Gasteiger partial charge >= 0.3 is 6.18 Å². The number of methoxy groups -OCH3 is 2. The molecule has 2 saturated heterocycles. The number of thiophene rings is 1. The second kappa shape index (κ2) is 14.5. The summed E-state index contributed by atoms with van der Waals surface area (Å²) in [4.78, 5) is 65.1. The Morgan fingerprint density at radius 1 is 0.968 bits per heavy atom. The normalized spacial score (nSPS) is 24.7. The lowest BCUT2D eigenvalue weighted by Crippen LogP contribution is -2.49. The van der Waals surface area contributed by atoms with E-state index < -0.39 is 76.3 Å². The van der Waals surface area contributed by atoms with E-state index in [0.717, 1.165) is 41.5 Å². The number of imide groups is 2. The molecule has 1 saturated carbocycles. The number of carbonyl (C=O) groups is 4. The molecular formula is C43H37Cl2F3N6O7S. The molecule has 0 radical (unpaired) electrons. The number of allylic oxidation sites excluding steroid dienone is 2. The van der Waals surface area contributed by atoms with E-state index in [1.807, 2.05) is 19.1 Å². The van der Waals surface area contributed by atoms with Crippen LogP contribution in [0.15, 0.2) is 60.2 Å². The van der Waals surface area contributed by atoms with Crippen LogP contribution in [-0.2, 0) is 32.4 Å². The highest BCUT2D eigenvalue weighted by Gasteiger charge is 2.69. The maximum atomic E-state index is 15.4. The van der Waals surface area contributed by atoms with Crippen LogP contribution in [0.5, 0.6) is 17.2 Å². The molecular weight excluding hydrogens is 872 g/mol. The fourth-order valence-electron chi connectivity index (χ4n) is 10.2. The van der Waals surface area contributed by atoms with E-state index in [-0.39, 0.29) is 40.9 Å². The SMILES string of the molecule is COc1cc(O)cc(OC)c1[C@H]1C2=CC[C@@H]3C(=O)N(N(C)c4nc(C(F)(F)F)ccc4Cl)C(=O)[C@@H]3[C@@H]2C[C@H]2C(=O)N(c3cc(-c4sc5ccc(Cl)cc5c4C)nn3C)C(=O)[C@@]12C. The minimum absolute atomic E-state index is 0.0196. The number of rotatable bonds is 7. The number of fused-ring (bicyclic) bond motifs is 5. The first-order valence-electron chi connectivity index (χ1n) is 19.4. The largest absolute Gasteiger partial charge is 0.508 e. The number of carbonyl (C=O) groups excluding carboxylic acids is 4. The smallest absolute Gasteiger partial charge is 0.433 e. The summed E-state index contributed by atoms with van der Waals surface area (Å²) in [6.07, 6.45) is -3.06. The Labute approximate surface area is 366 Å². The van der Waals surface area contributed by atoms with E-state index in [1.165, 1.54) is 49.4 Å². The summed E-state index contributed by atoms with van der Waals surface area (Å²) in [6, 6.07) is 11.7. The number of alkyl halides is 3. The standard InChI is InChI=1S/C43H37Cl2F3N6O7S/c1-18-23-13-19(44)7-11-30(23)62-36(18)27-17-32(51(3)50-27)53-39(57)25-16-24-21(35(42(25,2)41(53)59)34-28(60-5)14-20(55)15-29(34)61-6)8-9-22-33(24)40(58)54(38(22)56)52(4)37-26(45)10-12-31(49-37)43(46,47)48/h7-8,10-15,17,22,24-25,33,35,55H,9,16H2,1-6H3/t22-,24+,25-,33-,35+,42+/m0/s1. The van der Waals surface area contributed by atoms with Crippen molar-refractivity contribution in [2.24, 2.45) is 36.1 Å². The molecule has 2 aliphatic carbocycles. The van der Waals surface area contributed by atoms with Crippen molar-refractivity contribution in [1.29, 1.82) is 0 Å². The second-order valence-electron chi connectivity index (χ2n) is 16.1. The van der Waals surface area contributed by atoms with Crippen molar-refractivity contribution >= 4 is 79.9 Å². The maximum absolute atomic E-state index is 15.4. The van der Waals surface area contributed by atoms with Crippen molar-refractivity contribution < 1.29 is 46.9 Å². The number of benzene rings is 2. The number of halogens is 5. The number of pyridine rings is 1. The summed E-state index contributed by atoms with van der Waals surface area (Å²) in [7, 11) is 5.65. The molecule has 0 spiro atoms. The molecule has 2 aliphatic heterocycles. The van der Waals surface area contributed by atoms with Gasteiger partial charge in [-0.1, -0.05) is 34.9 Å². The number of hydrogen-bond acceptors (Lipinski definition) is 11. The van der Waals surface area contributed by atoms with Gasteiger partial charge in [0.05, 0.1) is 47.3 Å². The quantitative estimate of drug-likeness (QED) is 0.125. The van der Waals surface area contributed by atoms with Crippen molar-refractivity contribution in [2.45, 2.75) is 38.8 Å². The van der Waals surface area contributed by atoms with Gasteiger partial charge in [0, 0.05) is 53.5 Å². The Morgan fingerprint density at radius 2 is 1.66 bits per heavy atom. The molecule has 0 bridgehead atoms. The predicted octanol–water partition coefficient (Wildman–Crippen LogP) is 8.34. The Balaban J connectivity index is 1.16. The molecule has 0 unspecified atom stereocenters. The van der Waals surface area contributed by atoms with Crippen LogP contribution < -0.4 is 19.4 Å². The average molecular weight is 910 g/mol. The molecule has 13 nitrogen and oxygen atoms in total. The van der Waals surface area contributed by atoms with E-state index in [9.17, 15) is 27.9 Å². The minimum Gasteiger partial charge on any atom is -0.508 e. The highest BCUT2D eigenvalue weighted by atomic mass is 35.5. The number of aromatic nitrogens is 3. The lowest BCUT2D eigenvalue weighted by molar-refractivity contribution is -0.141. The monoisotopic (exact) mass is 908 g/mol. The second-order valence-corrected chi connectivity index (χ2v) is 18.0. The Morgan fingerprint density at radius 3 is 2.32 bits per heavy atom. The summed E-state index contributed by atoms with van der Waals surface area (Å²) >= 11 is 14.1. The number of aromatic hydroxyl groups is 1. The zero-order valence-corrected chi connectivity index (χ0v) is 36.2. The summed E-state index contributed by atoms with van der Waals surface area (Å²) < 4.78 is 55.4. The Kier molecular flexibility index (Phi) is 9.72. The van der Waals surface area contributed by atoms with Gasteiger partial charge in [0.15, 0.2) is 5.82 Å². The number of phenols is 1. The van der Waals surface area contributed by atoms with Crippen LogP contribution in [0.4, 0.5) is 24.8 Å². The van der Waals surface area contributed by atoms with Crippen LogP contribution in [0.3, 0.4) is 0 Å². The van der Waals surface area contributed by atoms with Crippen LogP contribution in [0.25, 0.3) is 20.7 Å². The molecule has 4 aliphatic rings. The summed E-state index contributed by atoms with van der Waals surface area (Å²) in [5, 5.41) is 18.5. The highest BCUT2D eigenvalue weighted by Crippen LogP contribution is 2.66. The molecule has 2 aromatic carbocycles. The first kappa shape index (κ1) is 41.7. The zero-order valence-electron chi connectivity index (χ0n) is 33.9. The lowest BCUT2D eigenvalue weighted by atomic mass is 9.51. The highest BCUT2D eigenvalue weighted by molar-refractivity contribution is 7.22. The van der Waals surface area contributed by atoms with E-state index >= 15 is 9.59 Å². The van der Waals surface area contributed by atoms with Gasteiger partial charge in [-0.25, -0.2) is 9.88 Å². The van der Waals surface area contributed by atoms with Gasteiger partial charge < -0.3 is 14.6 Å². The van der Waals surface area contributed by atoms with Crippen molar-refractivity contribution in [3.63, 3.8) is 0 Å². The van der Waals surface area contributed by atoms with Crippen molar-refractivity contribution in [3.8, 4) is 27.8 Å². The molecule has 9 rings (SSSR count). The summed E-state index contributed by atoms with van der Waals surface area (Å²) in [5.41, 5.74) is -0.444. The molecule has 5 aromatic rings. The third-order valence-electron chi connectivity index (χ3n) is 13.0. The third-order valence-corrected chi connectivity index (χ3v) is 14.8. The number of hydrogen-bond donors (Lipinski definition) is 1. The fraction of sp³-hybridized carbons (Fsp3) is 0.349. The van der Waals surface area contributed by atoms with E-state index in [0.29, 0.717) is 27.9 Å².